The second kappa shape index (κ2) is 5.89. The Morgan fingerprint density at radius 3 is 2.78 bits per heavy atom. The minimum absolute atomic E-state index is 0.0107. The highest BCUT2D eigenvalue weighted by Gasteiger charge is 2.21. The molecule has 1 aliphatic rings. The van der Waals surface area contributed by atoms with Crippen molar-refractivity contribution < 1.29 is 9.53 Å². The third-order valence-electron chi connectivity index (χ3n) is 3.37. The van der Waals surface area contributed by atoms with E-state index in [1.807, 2.05) is 31.2 Å². The topological polar surface area (TPSA) is 38.3 Å². The summed E-state index contributed by atoms with van der Waals surface area (Å²) in [6.07, 6.45) is 4.20. The van der Waals surface area contributed by atoms with Crippen molar-refractivity contribution in [2.45, 2.75) is 51.7 Å². The standard InChI is InChI=1S/C15H21NO2/c1-11-6-5-9-14(10-11)18-12(2)15(17)16-13-7-3-4-8-13/h5-6,9-10,12-13H,3-4,7-8H2,1-2H3,(H,16,17)/t12-/m1/s1. The minimum Gasteiger partial charge on any atom is -0.481 e. The minimum atomic E-state index is -0.438. The Morgan fingerprint density at radius 2 is 2.11 bits per heavy atom. The molecule has 1 aliphatic carbocycles. The van der Waals surface area contributed by atoms with E-state index in [1.54, 1.807) is 6.92 Å². The highest BCUT2D eigenvalue weighted by molar-refractivity contribution is 5.81. The number of nitrogens with one attached hydrogen (secondary N) is 1. The molecule has 18 heavy (non-hydrogen) atoms. The lowest BCUT2D eigenvalue weighted by atomic mass is 10.2. The lowest BCUT2D eigenvalue weighted by molar-refractivity contribution is -0.127. The summed E-state index contributed by atoms with van der Waals surface area (Å²) in [5, 5.41) is 3.05. The fourth-order valence-corrected chi connectivity index (χ4v) is 2.33. The van der Waals surface area contributed by atoms with Crippen LogP contribution in [0.15, 0.2) is 24.3 Å². The van der Waals surface area contributed by atoms with Crippen LogP contribution in [0.3, 0.4) is 0 Å². The normalized spacial score (nSPS) is 17.4. The maximum atomic E-state index is 12.0. The van der Waals surface area contributed by atoms with Gasteiger partial charge >= 0.3 is 0 Å². The Labute approximate surface area is 109 Å². The number of benzene rings is 1. The predicted octanol–water partition coefficient (Wildman–Crippen LogP) is 2.82. The quantitative estimate of drug-likeness (QED) is 0.888. The summed E-state index contributed by atoms with van der Waals surface area (Å²) in [6.45, 7) is 3.81. The summed E-state index contributed by atoms with van der Waals surface area (Å²) >= 11 is 0. The molecule has 0 unspecified atom stereocenters. The summed E-state index contributed by atoms with van der Waals surface area (Å²) in [5.74, 6) is 0.743. The Kier molecular flexibility index (Phi) is 4.24. The molecule has 0 radical (unpaired) electrons. The van der Waals surface area contributed by atoms with E-state index in [9.17, 15) is 4.79 Å². The van der Waals surface area contributed by atoms with Crippen LogP contribution in [-0.4, -0.2) is 18.1 Å². The molecule has 3 nitrogen and oxygen atoms in total. The van der Waals surface area contributed by atoms with Crippen LogP contribution in [0.4, 0.5) is 0 Å². The molecule has 0 saturated heterocycles. The third kappa shape index (κ3) is 3.49. The number of carbonyl (C=O) groups is 1. The van der Waals surface area contributed by atoms with Crippen molar-refractivity contribution in [3.05, 3.63) is 29.8 Å². The van der Waals surface area contributed by atoms with Crippen LogP contribution in [0.1, 0.15) is 38.2 Å². The molecule has 1 aromatic rings. The van der Waals surface area contributed by atoms with Gasteiger partial charge in [0, 0.05) is 6.04 Å². The number of hydrogen-bond donors (Lipinski definition) is 1. The summed E-state index contributed by atoms with van der Waals surface area (Å²) < 4.78 is 5.66. The zero-order valence-electron chi connectivity index (χ0n) is 11.1. The van der Waals surface area contributed by atoms with Crippen molar-refractivity contribution in [2.75, 3.05) is 0 Å². The highest BCUT2D eigenvalue weighted by atomic mass is 16.5. The molecule has 1 fully saturated rings. The molecule has 1 amide bonds. The smallest absolute Gasteiger partial charge is 0.260 e. The summed E-state index contributed by atoms with van der Waals surface area (Å²) in [4.78, 5) is 12.0. The van der Waals surface area contributed by atoms with Crippen LogP contribution >= 0.6 is 0 Å². The average molecular weight is 247 g/mol. The van der Waals surface area contributed by atoms with Gasteiger partial charge in [0.05, 0.1) is 0 Å². The second-order valence-corrected chi connectivity index (χ2v) is 5.07. The number of ether oxygens (including phenoxy) is 1. The fraction of sp³-hybridized carbons (Fsp3) is 0.533. The number of hydrogen-bond acceptors (Lipinski definition) is 2. The van der Waals surface area contributed by atoms with Crippen LogP contribution in [0.25, 0.3) is 0 Å². The van der Waals surface area contributed by atoms with Crippen molar-refractivity contribution in [3.8, 4) is 5.75 Å². The number of aryl methyl sites for hydroxylation is 1. The van der Waals surface area contributed by atoms with E-state index >= 15 is 0 Å². The SMILES string of the molecule is Cc1cccc(O[C@H](C)C(=O)NC2CCCC2)c1. The van der Waals surface area contributed by atoms with Gasteiger partial charge in [-0.2, -0.15) is 0 Å². The lowest BCUT2D eigenvalue weighted by Gasteiger charge is -2.18. The van der Waals surface area contributed by atoms with Gasteiger partial charge in [-0.1, -0.05) is 25.0 Å². The van der Waals surface area contributed by atoms with Gasteiger partial charge in [-0.25, -0.2) is 0 Å². The first-order valence-electron chi connectivity index (χ1n) is 6.69. The summed E-state index contributed by atoms with van der Waals surface area (Å²) in [7, 11) is 0. The van der Waals surface area contributed by atoms with Gasteiger partial charge in [0.1, 0.15) is 5.75 Å². The summed E-state index contributed by atoms with van der Waals surface area (Å²) in [6, 6.07) is 8.12. The van der Waals surface area contributed by atoms with E-state index in [4.69, 9.17) is 4.74 Å². The first-order chi connectivity index (χ1) is 8.65. The van der Waals surface area contributed by atoms with Gasteiger partial charge in [0.15, 0.2) is 6.10 Å². The zero-order valence-corrected chi connectivity index (χ0v) is 11.1. The molecule has 0 aliphatic heterocycles. The molecule has 1 N–H and O–H groups in total. The Hall–Kier alpha value is -1.51. The molecule has 0 heterocycles. The van der Waals surface area contributed by atoms with Gasteiger partial charge in [0.2, 0.25) is 0 Å². The molecule has 0 bridgehead atoms. The van der Waals surface area contributed by atoms with Gasteiger partial charge in [0.25, 0.3) is 5.91 Å². The zero-order chi connectivity index (χ0) is 13.0. The van der Waals surface area contributed by atoms with Gasteiger partial charge in [-0.05, 0) is 44.4 Å². The number of carbonyl (C=O) groups excluding carboxylic acids is 1. The average Bonchev–Trinajstić information content (AvgIpc) is 2.81. The van der Waals surface area contributed by atoms with E-state index in [1.165, 1.54) is 12.8 Å². The molecule has 1 saturated carbocycles. The molecule has 1 aromatic carbocycles. The van der Waals surface area contributed by atoms with Crippen molar-refractivity contribution in [1.29, 1.82) is 0 Å². The van der Waals surface area contributed by atoms with Gasteiger partial charge in [-0.15, -0.1) is 0 Å². The molecular weight excluding hydrogens is 226 g/mol. The van der Waals surface area contributed by atoms with Crippen LogP contribution in [0.2, 0.25) is 0 Å². The monoisotopic (exact) mass is 247 g/mol. The third-order valence-corrected chi connectivity index (χ3v) is 3.37. The number of amides is 1. The van der Waals surface area contributed by atoms with Crippen molar-refractivity contribution in [2.24, 2.45) is 0 Å². The van der Waals surface area contributed by atoms with E-state index in [0.29, 0.717) is 6.04 Å². The van der Waals surface area contributed by atoms with Gasteiger partial charge < -0.3 is 10.1 Å². The van der Waals surface area contributed by atoms with Crippen LogP contribution in [-0.2, 0) is 4.79 Å². The van der Waals surface area contributed by atoms with Crippen molar-refractivity contribution in [1.82, 2.24) is 5.32 Å². The second-order valence-electron chi connectivity index (χ2n) is 5.07. The van der Waals surface area contributed by atoms with E-state index < -0.39 is 6.10 Å². The Bertz CT molecular complexity index is 411. The highest BCUT2D eigenvalue weighted by Crippen LogP contribution is 2.18. The first-order valence-corrected chi connectivity index (χ1v) is 6.69. The fourth-order valence-electron chi connectivity index (χ4n) is 2.33. The molecule has 0 spiro atoms. The van der Waals surface area contributed by atoms with E-state index in [-0.39, 0.29) is 5.91 Å². The largest absolute Gasteiger partial charge is 0.481 e. The Balaban J connectivity index is 1.86. The maximum absolute atomic E-state index is 12.0. The van der Waals surface area contributed by atoms with Crippen molar-refractivity contribution >= 4 is 5.91 Å². The molecule has 1 atom stereocenters. The molecular formula is C15H21NO2. The molecule has 98 valence electrons. The number of rotatable bonds is 4. The lowest BCUT2D eigenvalue weighted by Crippen LogP contribution is -2.41. The summed E-state index contributed by atoms with van der Waals surface area (Å²) in [5.41, 5.74) is 1.14. The van der Waals surface area contributed by atoms with Crippen LogP contribution < -0.4 is 10.1 Å². The first kappa shape index (κ1) is 12.9. The van der Waals surface area contributed by atoms with Crippen molar-refractivity contribution in [3.63, 3.8) is 0 Å². The molecule has 2 rings (SSSR count). The molecule has 3 heteroatoms. The van der Waals surface area contributed by atoms with E-state index in [0.717, 1.165) is 24.2 Å². The van der Waals surface area contributed by atoms with E-state index in [2.05, 4.69) is 5.32 Å². The molecule has 0 aromatic heterocycles. The van der Waals surface area contributed by atoms with Gasteiger partial charge in [-0.3, -0.25) is 4.79 Å². The maximum Gasteiger partial charge on any atom is 0.260 e. The Morgan fingerprint density at radius 1 is 1.39 bits per heavy atom. The predicted molar refractivity (Wildman–Crippen MR) is 71.7 cm³/mol. The van der Waals surface area contributed by atoms with Crippen LogP contribution in [0.5, 0.6) is 5.75 Å². The van der Waals surface area contributed by atoms with Crippen LogP contribution in [0, 0.1) is 6.92 Å².